The Balaban J connectivity index is 0.00000384. The number of ether oxygens (including phenoxy) is 2. The minimum absolute atomic E-state index is 0. The number of anilines is 1. The first-order valence-corrected chi connectivity index (χ1v) is 17.6. The van der Waals surface area contributed by atoms with E-state index in [0.29, 0.717) is 46.0 Å². The zero-order valence-electron chi connectivity index (χ0n) is 26.6. The summed E-state index contributed by atoms with van der Waals surface area (Å²) in [5.74, 6) is -1.32. The first-order valence-electron chi connectivity index (χ1n) is 14.7. The van der Waals surface area contributed by atoms with Crippen LogP contribution in [0.1, 0.15) is 51.6 Å². The molecule has 0 aliphatic carbocycles. The minimum atomic E-state index is -1.10. The van der Waals surface area contributed by atoms with E-state index >= 15 is 0 Å². The van der Waals surface area contributed by atoms with Crippen LogP contribution in [0.3, 0.4) is 0 Å². The highest BCUT2D eigenvalue weighted by molar-refractivity contribution is 8.01. The first-order chi connectivity index (χ1) is 21.6. The molecule has 2 amide bonds. The summed E-state index contributed by atoms with van der Waals surface area (Å²) in [7, 11) is 3.91. The summed E-state index contributed by atoms with van der Waals surface area (Å²) in [5, 5.41) is 16.8. The predicted molar refractivity (Wildman–Crippen MR) is 184 cm³/mol. The Morgan fingerprint density at radius 2 is 1.98 bits per heavy atom. The van der Waals surface area contributed by atoms with Gasteiger partial charge in [-0.25, -0.2) is 14.5 Å². The molecule has 0 radical (unpaired) electrons. The minimum Gasteiger partial charge on any atom is -0.425 e. The molecular weight excluding hydrogens is 713 g/mol. The van der Waals surface area contributed by atoms with Gasteiger partial charge in [-0.1, -0.05) is 38.5 Å². The molecular formula is C27H41Cl2N9O6S3. The van der Waals surface area contributed by atoms with Gasteiger partial charge >= 0.3 is 11.9 Å². The number of unbranched alkanes of at least 4 members (excludes halogenated alkanes) is 2. The molecule has 0 saturated carbocycles. The average Bonchev–Trinajstić information content (AvgIpc) is 3.64. The summed E-state index contributed by atoms with van der Waals surface area (Å²) in [5.41, 5.74) is 6.91. The average molecular weight is 755 g/mol. The number of nitrogens with two attached hydrogens (primary N) is 1. The number of carbonyl (C=O) groups is 4. The van der Waals surface area contributed by atoms with E-state index in [1.54, 1.807) is 17.0 Å². The van der Waals surface area contributed by atoms with Gasteiger partial charge in [0.05, 0.1) is 18.7 Å². The molecule has 262 valence electrons. The number of halogens is 2. The number of aromatic nitrogens is 5. The number of nitrogens with one attached hydrogen (secondary N) is 1. The van der Waals surface area contributed by atoms with E-state index in [-0.39, 0.29) is 55.7 Å². The molecule has 47 heavy (non-hydrogen) atoms. The Kier molecular flexibility index (Phi) is 16.7. The molecule has 20 heteroatoms. The van der Waals surface area contributed by atoms with Crippen LogP contribution in [0.15, 0.2) is 21.8 Å². The van der Waals surface area contributed by atoms with Crippen molar-refractivity contribution < 1.29 is 28.7 Å². The smallest absolute Gasteiger partial charge is 0.358 e. The van der Waals surface area contributed by atoms with Crippen LogP contribution in [0, 0.1) is 0 Å². The maximum absolute atomic E-state index is 13.7. The van der Waals surface area contributed by atoms with E-state index in [9.17, 15) is 19.2 Å². The van der Waals surface area contributed by atoms with Crippen molar-refractivity contribution in [2.24, 2.45) is 0 Å². The lowest BCUT2D eigenvalue weighted by molar-refractivity contribution is -0.188. The van der Waals surface area contributed by atoms with Crippen molar-refractivity contribution >= 4 is 88.6 Å². The number of carbonyl (C=O) groups excluding carboxylic acids is 4. The van der Waals surface area contributed by atoms with Crippen LogP contribution in [0.25, 0.3) is 0 Å². The molecule has 1 saturated heterocycles. The molecule has 4 rings (SSSR count). The number of nitrogens with zero attached hydrogens (tertiary/aromatic N) is 7. The number of hydrogen-bond donors (Lipinski definition) is 2. The van der Waals surface area contributed by atoms with Crippen LogP contribution < -0.4 is 11.1 Å². The van der Waals surface area contributed by atoms with Gasteiger partial charge in [-0.15, -0.1) is 53.0 Å². The molecule has 3 atom stereocenters. The van der Waals surface area contributed by atoms with Gasteiger partial charge in [-0.2, -0.15) is 0 Å². The Hall–Kier alpha value is -2.64. The number of esters is 2. The van der Waals surface area contributed by atoms with Crippen LogP contribution >= 0.6 is 59.7 Å². The Bertz CT molecular complexity index is 1410. The number of rotatable bonds is 17. The molecule has 3 N–H and O–H groups in total. The van der Waals surface area contributed by atoms with Crippen molar-refractivity contribution in [1.82, 2.24) is 40.3 Å². The number of thiazole rings is 1. The van der Waals surface area contributed by atoms with Crippen molar-refractivity contribution in [2.75, 3.05) is 37.9 Å². The lowest BCUT2D eigenvalue weighted by atomic mass is 10.0. The second-order valence-electron chi connectivity index (χ2n) is 10.7. The fourth-order valence-electron chi connectivity index (χ4n) is 4.55. The van der Waals surface area contributed by atoms with Crippen molar-refractivity contribution in [3.05, 3.63) is 22.3 Å². The Labute approximate surface area is 298 Å². The van der Waals surface area contributed by atoms with Crippen molar-refractivity contribution in [1.29, 1.82) is 0 Å². The summed E-state index contributed by atoms with van der Waals surface area (Å²) in [6.07, 6.45) is 1.89. The van der Waals surface area contributed by atoms with Gasteiger partial charge < -0.3 is 25.4 Å². The number of tetrazole rings is 1. The van der Waals surface area contributed by atoms with Gasteiger partial charge in [0, 0.05) is 36.3 Å². The predicted octanol–water partition coefficient (Wildman–Crippen LogP) is 2.51. The number of amides is 2. The summed E-state index contributed by atoms with van der Waals surface area (Å²) in [6, 6.07) is -0.827. The number of thioether (sulfide) groups is 2. The van der Waals surface area contributed by atoms with Gasteiger partial charge in [-0.3, -0.25) is 19.3 Å². The lowest BCUT2D eigenvalue weighted by Crippen LogP contribution is -2.70. The lowest BCUT2D eigenvalue weighted by Gasteiger charge is -2.49. The van der Waals surface area contributed by atoms with Crippen molar-refractivity contribution in [3.63, 3.8) is 0 Å². The normalized spacial score (nSPS) is 17.6. The summed E-state index contributed by atoms with van der Waals surface area (Å²) in [4.78, 5) is 59.7. The quantitative estimate of drug-likeness (QED) is 0.0789. The van der Waals surface area contributed by atoms with Crippen LogP contribution in [0.2, 0.25) is 0 Å². The van der Waals surface area contributed by atoms with Crippen LogP contribution in [0.4, 0.5) is 5.13 Å². The number of fused-ring (bicyclic) bond motifs is 1. The van der Waals surface area contributed by atoms with Gasteiger partial charge in [0.1, 0.15) is 17.1 Å². The SMILES string of the molecule is CCCCCC(=O)OC(CC)OC(=O)C1=C(CSc2nnnn2CCN(C)C)CS[C@@H]2[C@H](NC(=O)Cc3csc(N)n3)C(=O)N12.Cl.Cl. The number of hydrogen-bond acceptors (Lipinski definition) is 15. The first kappa shape index (κ1) is 40.5. The summed E-state index contributed by atoms with van der Waals surface area (Å²) < 4.78 is 12.8. The third-order valence-corrected chi connectivity index (χ3v) is 10.0. The molecule has 0 spiro atoms. The van der Waals surface area contributed by atoms with E-state index in [1.165, 1.54) is 39.8 Å². The summed E-state index contributed by atoms with van der Waals surface area (Å²) >= 11 is 4.01. The zero-order chi connectivity index (χ0) is 32.5. The molecule has 2 aromatic heterocycles. The van der Waals surface area contributed by atoms with Gasteiger partial charge in [0.25, 0.3) is 5.91 Å². The molecule has 15 nitrogen and oxygen atoms in total. The molecule has 0 aromatic carbocycles. The van der Waals surface area contributed by atoms with Gasteiger partial charge in [-0.05, 0) is 36.5 Å². The second-order valence-corrected chi connectivity index (χ2v) is 13.7. The Morgan fingerprint density at radius 3 is 2.64 bits per heavy atom. The summed E-state index contributed by atoms with van der Waals surface area (Å²) in [6.45, 7) is 5.09. The van der Waals surface area contributed by atoms with E-state index in [1.807, 2.05) is 25.9 Å². The van der Waals surface area contributed by atoms with Crippen LogP contribution in [-0.2, 0) is 41.6 Å². The highest BCUT2D eigenvalue weighted by Crippen LogP contribution is 2.42. The molecule has 0 bridgehead atoms. The van der Waals surface area contributed by atoms with E-state index in [4.69, 9.17) is 15.2 Å². The van der Waals surface area contributed by atoms with E-state index in [0.717, 1.165) is 19.4 Å². The fraction of sp³-hybridized carbons (Fsp3) is 0.630. The standard InChI is InChI=1S/C27H39N9O6S3.2ClH/c1-5-7-8-9-19(38)41-20(6-2)42-25(40)22-16(14-45-27-31-32-33-35(27)11-10-34(3)4)13-43-24-21(23(39)36(22)24)30-18(37)12-17-15-44-26(28)29-17;;/h15,20-21,24H,5-14H2,1-4H3,(H2,28,29)(H,30,37);2*1H/t20?,21-,24-;;/m1../s1. The maximum Gasteiger partial charge on any atom is 0.358 e. The van der Waals surface area contributed by atoms with Crippen LogP contribution in [0.5, 0.6) is 0 Å². The zero-order valence-corrected chi connectivity index (χ0v) is 30.7. The molecule has 1 fully saturated rings. The fourth-order valence-corrected chi connectivity index (χ4v) is 7.50. The number of likely N-dealkylation sites (N-methyl/N-ethyl adjacent to an activating group) is 1. The topological polar surface area (TPSA) is 188 Å². The number of nitrogen functional groups attached to an aromatic ring is 1. The van der Waals surface area contributed by atoms with E-state index in [2.05, 4.69) is 25.8 Å². The maximum atomic E-state index is 13.7. The number of β-lactam (4-membered cyclic amide) rings is 1. The van der Waals surface area contributed by atoms with Gasteiger partial charge in [0.15, 0.2) is 5.13 Å². The van der Waals surface area contributed by atoms with E-state index < -0.39 is 35.6 Å². The van der Waals surface area contributed by atoms with Crippen molar-refractivity contribution in [2.45, 2.75) is 81.8 Å². The Morgan fingerprint density at radius 1 is 1.21 bits per heavy atom. The third kappa shape index (κ3) is 10.9. The molecule has 4 heterocycles. The molecule has 2 aliphatic rings. The third-order valence-electron chi connectivity index (χ3n) is 6.92. The molecule has 1 unspecified atom stereocenters. The monoisotopic (exact) mass is 753 g/mol. The second kappa shape index (κ2) is 19.4. The van der Waals surface area contributed by atoms with Crippen LogP contribution in [-0.4, -0.2) is 109 Å². The molecule has 2 aromatic rings. The molecule has 2 aliphatic heterocycles. The van der Waals surface area contributed by atoms with Gasteiger partial charge in [0.2, 0.25) is 17.4 Å². The highest BCUT2D eigenvalue weighted by Gasteiger charge is 2.54. The highest BCUT2D eigenvalue weighted by atomic mass is 35.5. The largest absolute Gasteiger partial charge is 0.425 e. The van der Waals surface area contributed by atoms with Crippen molar-refractivity contribution in [3.8, 4) is 0 Å².